The molecule has 0 amide bonds. The molecule has 0 saturated carbocycles. The molecule has 1 N–H and O–H groups in total. The van der Waals surface area contributed by atoms with Crippen LogP contribution in [0.4, 0.5) is 4.39 Å². The minimum atomic E-state index is -0.577. The van der Waals surface area contributed by atoms with Crippen molar-refractivity contribution >= 4 is 0 Å². The fraction of sp³-hybridized carbons (Fsp3) is 0.333. The molecular weight excluding hydrogens is 151 g/mol. The molecule has 0 bridgehead atoms. The van der Waals surface area contributed by atoms with Gasteiger partial charge in [-0.2, -0.15) is 5.10 Å². The summed E-state index contributed by atoms with van der Waals surface area (Å²) in [6.07, 6.45) is 1.32. The highest BCUT2D eigenvalue weighted by Crippen LogP contribution is 2.01. The van der Waals surface area contributed by atoms with E-state index in [0.29, 0.717) is 0 Å². The van der Waals surface area contributed by atoms with Crippen LogP contribution in [0.3, 0.4) is 0 Å². The second kappa shape index (κ2) is 3.70. The molecule has 5 heteroatoms. The predicted molar refractivity (Wildman–Crippen MR) is 36.3 cm³/mol. The Kier molecular flexibility index (Phi) is 2.59. The largest absolute Gasteiger partial charge is 0.489 e. The molecule has 0 aliphatic carbocycles. The summed E-state index contributed by atoms with van der Waals surface area (Å²) in [5, 5.41) is 5.62. The van der Waals surface area contributed by atoms with Crippen LogP contribution < -0.4 is 10.3 Å². The Hall–Kier alpha value is -1.39. The molecule has 0 atom stereocenters. The van der Waals surface area contributed by atoms with Gasteiger partial charge in [-0.3, -0.25) is 4.79 Å². The second-order valence-corrected chi connectivity index (χ2v) is 1.82. The fourth-order valence-corrected chi connectivity index (χ4v) is 0.594. The van der Waals surface area contributed by atoms with E-state index in [4.69, 9.17) is 4.74 Å². The van der Waals surface area contributed by atoms with Crippen molar-refractivity contribution in [1.29, 1.82) is 0 Å². The third-order valence-electron chi connectivity index (χ3n) is 0.986. The van der Waals surface area contributed by atoms with E-state index in [2.05, 4.69) is 10.2 Å². The Balaban J connectivity index is 2.64. The zero-order valence-corrected chi connectivity index (χ0v) is 5.71. The van der Waals surface area contributed by atoms with Crippen molar-refractivity contribution in [3.8, 4) is 5.75 Å². The van der Waals surface area contributed by atoms with Gasteiger partial charge in [0.2, 0.25) is 0 Å². The van der Waals surface area contributed by atoms with Crippen LogP contribution in [0.15, 0.2) is 17.1 Å². The van der Waals surface area contributed by atoms with Crippen molar-refractivity contribution in [2.24, 2.45) is 0 Å². The fourth-order valence-electron chi connectivity index (χ4n) is 0.594. The minimum Gasteiger partial charge on any atom is -0.489 e. The normalized spacial score (nSPS) is 9.55. The number of alkyl halides is 1. The van der Waals surface area contributed by atoms with Gasteiger partial charge in [0.1, 0.15) is 19.0 Å². The van der Waals surface area contributed by atoms with Gasteiger partial charge in [-0.15, -0.1) is 0 Å². The number of nitrogens with one attached hydrogen (secondary N) is 1. The second-order valence-electron chi connectivity index (χ2n) is 1.82. The molecule has 1 aromatic heterocycles. The summed E-state index contributed by atoms with van der Waals surface area (Å²) in [7, 11) is 0. The Morgan fingerprint density at radius 2 is 2.55 bits per heavy atom. The first-order valence-corrected chi connectivity index (χ1v) is 3.06. The minimum absolute atomic E-state index is 0.0505. The van der Waals surface area contributed by atoms with Crippen LogP contribution in [0.2, 0.25) is 0 Å². The van der Waals surface area contributed by atoms with Gasteiger partial charge in [0.15, 0.2) is 0 Å². The zero-order valence-electron chi connectivity index (χ0n) is 5.71. The average molecular weight is 158 g/mol. The lowest BCUT2D eigenvalue weighted by molar-refractivity contribution is 0.271. The van der Waals surface area contributed by atoms with Gasteiger partial charge in [-0.05, 0) is 0 Å². The van der Waals surface area contributed by atoms with Crippen LogP contribution >= 0.6 is 0 Å². The Morgan fingerprint density at radius 1 is 1.73 bits per heavy atom. The number of ether oxygens (including phenoxy) is 1. The topological polar surface area (TPSA) is 55.0 Å². The molecule has 1 aromatic rings. The number of hydrogen-bond acceptors (Lipinski definition) is 3. The van der Waals surface area contributed by atoms with E-state index in [1.54, 1.807) is 0 Å². The Morgan fingerprint density at radius 3 is 3.18 bits per heavy atom. The third kappa shape index (κ3) is 2.37. The van der Waals surface area contributed by atoms with Crippen LogP contribution in [0, 0.1) is 0 Å². The molecule has 0 spiro atoms. The summed E-state index contributed by atoms with van der Waals surface area (Å²) in [5.41, 5.74) is -0.360. The lowest BCUT2D eigenvalue weighted by Crippen LogP contribution is -2.08. The van der Waals surface area contributed by atoms with Gasteiger partial charge in [-0.25, -0.2) is 9.49 Å². The lowest BCUT2D eigenvalue weighted by Gasteiger charge is -1.99. The molecule has 0 aromatic carbocycles. The summed E-state index contributed by atoms with van der Waals surface area (Å²) in [5.74, 6) is 0.284. The smallest absolute Gasteiger partial charge is 0.267 e. The first-order valence-electron chi connectivity index (χ1n) is 3.06. The molecule has 1 rings (SSSR count). The molecule has 11 heavy (non-hydrogen) atoms. The summed E-state index contributed by atoms with van der Waals surface area (Å²) in [6, 6.07) is 1.21. The van der Waals surface area contributed by atoms with E-state index >= 15 is 0 Å². The van der Waals surface area contributed by atoms with Crippen LogP contribution in [-0.2, 0) is 0 Å². The Labute approximate surface area is 62.0 Å². The quantitative estimate of drug-likeness (QED) is 0.679. The van der Waals surface area contributed by atoms with Gasteiger partial charge in [-0.1, -0.05) is 0 Å². The summed E-state index contributed by atoms with van der Waals surface area (Å²) >= 11 is 0. The molecule has 1 heterocycles. The van der Waals surface area contributed by atoms with E-state index in [-0.39, 0.29) is 17.9 Å². The van der Waals surface area contributed by atoms with E-state index in [1.807, 2.05) is 0 Å². The van der Waals surface area contributed by atoms with Crippen LogP contribution in [0.25, 0.3) is 0 Å². The summed E-state index contributed by atoms with van der Waals surface area (Å²) in [4.78, 5) is 10.6. The first kappa shape index (κ1) is 7.71. The standard InChI is InChI=1S/C6H7FN2O2/c7-1-2-11-5-3-6(10)9-8-4-5/h3-4H,1-2H2,(H,9,10). The predicted octanol–water partition coefficient (Wildman–Crippen LogP) is 0.118. The maximum absolute atomic E-state index is 11.5. The van der Waals surface area contributed by atoms with Crippen molar-refractivity contribution < 1.29 is 9.13 Å². The number of aromatic nitrogens is 2. The number of rotatable bonds is 3. The molecular formula is C6H7FN2O2. The zero-order chi connectivity index (χ0) is 8.10. The van der Waals surface area contributed by atoms with Crippen LogP contribution in [0.5, 0.6) is 5.75 Å². The molecule has 4 nitrogen and oxygen atoms in total. The average Bonchev–Trinajstić information content (AvgIpc) is 2.01. The molecule has 0 aliphatic rings. The van der Waals surface area contributed by atoms with Gasteiger partial charge < -0.3 is 4.74 Å². The van der Waals surface area contributed by atoms with Gasteiger partial charge in [0.05, 0.1) is 6.20 Å². The van der Waals surface area contributed by atoms with E-state index in [9.17, 15) is 9.18 Å². The van der Waals surface area contributed by atoms with Crippen molar-refractivity contribution in [3.63, 3.8) is 0 Å². The van der Waals surface area contributed by atoms with Crippen LogP contribution in [-0.4, -0.2) is 23.5 Å². The number of halogens is 1. The first-order chi connectivity index (χ1) is 5.33. The molecule has 0 saturated heterocycles. The highest BCUT2D eigenvalue weighted by atomic mass is 19.1. The number of nitrogens with zero attached hydrogens (tertiary/aromatic N) is 1. The van der Waals surface area contributed by atoms with Gasteiger partial charge >= 0.3 is 0 Å². The number of aromatic amines is 1. The maximum atomic E-state index is 11.5. The SMILES string of the molecule is O=c1cc(OCCF)cn[nH]1. The van der Waals surface area contributed by atoms with E-state index in [1.165, 1.54) is 12.3 Å². The third-order valence-corrected chi connectivity index (χ3v) is 0.986. The molecule has 0 aliphatic heterocycles. The van der Waals surface area contributed by atoms with E-state index in [0.717, 1.165) is 0 Å². The highest BCUT2D eigenvalue weighted by Gasteiger charge is 1.93. The van der Waals surface area contributed by atoms with Crippen LogP contribution in [0.1, 0.15) is 0 Å². The monoisotopic (exact) mass is 158 g/mol. The van der Waals surface area contributed by atoms with E-state index < -0.39 is 6.67 Å². The maximum Gasteiger partial charge on any atom is 0.267 e. The van der Waals surface area contributed by atoms with Crippen molar-refractivity contribution in [2.75, 3.05) is 13.3 Å². The van der Waals surface area contributed by atoms with Gasteiger partial charge in [0, 0.05) is 6.07 Å². The van der Waals surface area contributed by atoms with Crippen molar-refractivity contribution in [2.45, 2.75) is 0 Å². The molecule has 60 valence electrons. The number of H-pyrrole nitrogens is 1. The molecule has 0 fully saturated rings. The summed E-state index contributed by atoms with van der Waals surface area (Å²) in [6.45, 7) is -0.627. The highest BCUT2D eigenvalue weighted by molar-refractivity contribution is 5.12. The van der Waals surface area contributed by atoms with Crippen molar-refractivity contribution in [3.05, 3.63) is 22.6 Å². The lowest BCUT2D eigenvalue weighted by atomic mass is 10.5. The van der Waals surface area contributed by atoms with Gasteiger partial charge in [0.25, 0.3) is 5.56 Å². The molecule has 0 unspecified atom stereocenters. The molecule has 0 radical (unpaired) electrons. The Bertz CT molecular complexity index is 273. The summed E-state index contributed by atoms with van der Waals surface area (Å²) < 4.78 is 16.3. The number of hydrogen-bond donors (Lipinski definition) is 1. The van der Waals surface area contributed by atoms with Crippen molar-refractivity contribution in [1.82, 2.24) is 10.2 Å².